The van der Waals surface area contributed by atoms with Gasteiger partial charge in [-0.15, -0.1) is 0 Å². The van der Waals surface area contributed by atoms with E-state index < -0.39 is 0 Å². The number of benzene rings is 2. The molecule has 0 unspecified atom stereocenters. The van der Waals surface area contributed by atoms with Gasteiger partial charge in [-0.25, -0.2) is 4.98 Å². The molecule has 0 fully saturated rings. The lowest BCUT2D eigenvalue weighted by Gasteiger charge is -1.99. The van der Waals surface area contributed by atoms with Gasteiger partial charge in [-0.3, -0.25) is 0 Å². The van der Waals surface area contributed by atoms with E-state index in [1.54, 1.807) is 0 Å². The maximum atomic E-state index is 9.04. The highest BCUT2D eigenvalue weighted by Crippen LogP contribution is 2.29. The molecular weight excluding hydrogens is 242 g/mol. The third-order valence-corrected chi connectivity index (χ3v) is 3.54. The summed E-state index contributed by atoms with van der Waals surface area (Å²) in [6, 6.07) is 17.6. The van der Waals surface area contributed by atoms with Crippen LogP contribution in [-0.4, -0.2) is 9.97 Å². The van der Waals surface area contributed by atoms with Crippen molar-refractivity contribution in [2.45, 2.75) is 10.1 Å². The normalized spacial score (nSPS) is 10.4. The lowest BCUT2D eigenvalue weighted by molar-refractivity contribution is 1.08. The largest absolute Gasteiger partial charge is 0.333 e. The minimum absolute atomic E-state index is 0.669. The molecule has 4 heteroatoms. The maximum Gasteiger partial charge on any atom is 0.171 e. The van der Waals surface area contributed by atoms with Crippen molar-refractivity contribution in [2.75, 3.05) is 0 Å². The monoisotopic (exact) mass is 251 g/mol. The molecule has 3 aromatic rings. The van der Waals surface area contributed by atoms with Gasteiger partial charge in [0.25, 0.3) is 0 Å². The first-order valence-corrected chi connectivity index (χ1v) is 6.30. The van der Waals surface area contributed by atoms with Crippen molar-refractivity contribution in [2.24, 2.45) is 0 Å². The molecule has 3 rings (SSSR count). The number of nitrogens with zero attached hydrogens (tertiary/aromatic N) is 2. The van der Waals surface area contributed by atoms with Crippen LogP contribution in [0.1, 0.15) is 5.56 Å². The Morgan fingerprint density at radius 2 is 1.83 bits per heavy atom. The van der Waals surface area contributed by atoms with E-state index in [4.69, 9.17) is 5.26 Å². The van der Waals surface area contributed by atoms with Gasteiger partial charge in [0.1, 0.15) is 6.07 Å². The molecule has 0 aliphatic heterocycles. The third-order valence-electron chi connectivity index (χ3n) is 2.58. The first kappa shape index (κ1) is 10.9. The molecule has 1 N–H and O–H groups in total. The highest BCUT2D eigenvalue weighted by molar-refractivity contribution is 7.99. The van der Waals surface area contributed by atoms with E-state index in [2.05, 4.69) is 16.0 Å². The van der Waals surface area contributed by atoms with Crippen molar-refractivity contribution in [3.8, 4) is 6.07 Å². The van der Waals surface area contributed by atoms with Crippen molar-refractivity contribution in [3.63, 3.8) is 0 Å². The second-order valence-corrected chi connectivity index (χ2v) is 4.80. The van der Waals surface area contributed by atoms with Gasteiger partial charge < -0.3 is 4.98 Å². The van der Waals surface area contributed by atoms with Crippen LogP contribution in [0.3, 0.4) is 0 Å². The summed E-state index contributed by atoms with van der Waals surface area (Å²) in [4.78, 5) is 8.64. The highest BCUT2D eigenvalue weighted by Gasteiger charge is 2.07. The van der Waals surface area contributed by atoms with Gasteiger partial charge in [-0.2, -0.15) is 5.26 Å². The Balaban J connectivity index is 1.99. The summed E-state index contributed by atoms with van der Waals surface area (Å²) in [7, 11) is 0. The number of nitriles is 1. The SMILES string of the molecule is N#Cc1ccccc1Sc1nc2ccccc2[nH]1. The molecule has 0 spiro atoms. The fraction of sp³-hybridized carbons (Fsp3) is 0. The molecular formula is C14H9N3S. The maximum absolute atomic E-state index is 9.04. The zero-order valence-electron chi connectivity index (χ0n) is 9.42. The summed E-state index contributed by atoms with van der Waals surface area (Å²) in [5, 5.41) is 9.85. The summed E-state index contributed by atoms with van der Waals surface area (Å²) >= 11 is 1.48. The van der Waals surface area contributed by atoms with Crippen molar-refractivity contribution < 1.29 is 0 Å². The van der Waals surface area contributed by atoms with Gasteiger partial charge in [0.15, 0.2) is 5.16 Å². The van der Waals surface area contributed by atoms with E-state index in [-0.39, 0.29) is 0 Å². The number of imidazole rings is 1. The quantitative estimate of drug-likeness (QED) is 0.757. The first-order chi connectivity index (χ1) is 8.86. The molecule has 0 aliphatic rings. The van der Waals surface area contributed by atoms with Gasteiger partial charge in [-0.05, 0) is 24.3 Å². The van der Waals surface area contributed by atoms with E-state index in [0.29, 0.717) is 5.56 Å². The molecule has 3 nitrogen and oxygen atoms in total. The Morgan fingerprint density at radius 3 is 2.67 bits per heavy atom. The van der Waals surface area contributed by atoms with Crippen LogP contribution in [0.2, 0.25) is 0 Å². The molecule has 0 amide bonds. The number of fused-ring (bicyclic) bond motifs is 1. The molecule has 1 aromatic heterocycles. The van der Waals surface area contributed by atoms with Crippen LogP contribution in [0.15, 0.2) is 58.6 Å². The molecule has 0 bridgehead atoms. The highest BCUT2D eigenvalue weighted by atomic mass is 32.2. The fourth-order valence-electron chi connectivity index (χ4n) is 1.73. The zero-order valence-corrected chi connectivity index (χ0v) is 10.2. The topological polar surface area (TPSA) is 52.5 Å². The second-order valence-electron chi connectivity index (χ2n) is 3.77. The summed E-state index contributed by atoms with van der Waals surface area (Å²) < 4.78 is 0. The number of hydrogen-bond donors (Lipinski definition) is 1. The number of para-hydroxylation sites is 2. The van der Waals surface area contributed by atoms with Crippen LogP contribution in [0.25, 0.3) is 11.0 Å². The van der Waals surface area contributed by atoms with Gasteiger partial charge in [0.05, 0.1) is 16.6 Å². The average molecular weight is 251 g/mol. The second kappa shape index (κ2) is 4.55. The van der Waals surface area contributed by atoms with Gasteiger partial charge in [-0.1, -0.05) is 36.0 Å². The summed E-state index contributed by atoms with van der Waals surface area (Å²) in [6.45, 7) is 0. The summed E-state index contributed by atoms with van der Waals surface area (Å²) in [5.41, 5.74) is 2.62. The number of H-pyrrole nitrogens is 1. The number of hydrogen-bond acceptors (Lipinski definition) is 3. The van der Waals surface area contributed by atoms with Crippen molar-refractivity contribution in [1.82, 2.24) is 9.97 Å². The number of aromatic nitrogens is 2. The molecule has 0 saturated carbocycles. The molecule has 1 heterocycles. The number of aromatic amines is 1. The van der Waals surface area contributed by atoms with E-state index in [9.17, 15) is 0 Å². The Labute approximate surface area is 108 Å². The van der Waals surface area contributed by atoms with Gasteiger partial charge in [0.2, 0.25) is 0 Å². The predicted octanol–water partition coefficient (Wildman–Crippen LogP) is 3.59. The number of rotatable bonds is 2. The Bertz CT molecular complexity index is 707. The van der Waals surface area contributed by atoms with Crippen molar-refractivity contribution in [3.05, 3.63) is 54.1 Å². The zero-order chi connectivity index (χ0) is 12.4. The van der Waals surface area contributed by atoms with Gasteiger partial charge >= 0.3 is 0 Å². The van der Waals surface area contributed by atoms with E-state index in [1.165, 1.54) is 11.8 Å². The van der Waals surface area contributed by atoms with Crippen LogP contribution >= 0.6 is 11.8 Å². The van der Waals surface area contributed by atoms with Crippen molar-refractivity contribution in [1.29, 1.82) is 5.26 Å². The predicted molar refractivity (Wildman–Crippen MR) is 71.4 cm³/mol. The van der Waals surface area contributed by atoms with Crippen LogP contribution in [-0.2, 0) is 0 Å². The molecule has 2 aromatic carbocycles. The number of nitrogens with one attached hydrogen (secondary N) is 1. The average Bonchev–Trinajstić information content (AvgIpc) is 2.81. The van der Waals surface area contributed by atoms with Crippen molar-refractivity contribution >= 4 is 22.8 Å². The lowest BCUT2D eigenvalue weighted by Crippen LogP contribution is -1.81. The molecule has 18 heavy (non-hydrogen) atoms. The fourth-order valence-corrected chi connectivity index (χ4v) is 2.61. The van der Waals surface area contributed by atoms with E-state index in [0.717, 1.165) is 21.1 Å². The standard InChI is InChI=1S/C14H9N3S/c15-9-10-5-1-4-8-13(10)18-14-16-11-6-2-3-7-12(11)17-14/h1-8H,(H,16,17). The molecule has 0 atom stereocenters. The van der Waals surface area contributed by atoms with Gasteiger partial charge in [0, 0.05) is 4.90 Å². The minimum atomic E-state index is 0.669. The molecule has 0 aliphatic carbocycles. The Morgan fingerprint density at radius 1 is 1.06 bits per heavy atom. The lowest BCUT2D eigenvalue weighted by atomic mass is 10.2. The third kappa shape index (κ3) is 1.96. The summed E-state index contributed by atoms with van der Waals surface area (Å²) in [6.07, 6.45) is 0. The Hall–Kier alpha value is -2.25. The molecule has 0 saturated heterocycles. The Kier molecular flexibility index (Phi) is 2.75. The van der Waals surface area contributed by atoms with Crippen LogP contribution in [0.4, 0.5) is 0 Å². The smallest absolute Gasteiger partial charge is 0.171 e. The molecule has 86 valence electrons. The van der Waals surface area contributed by atoms with E-state index >= 15 is 0 Å². The van der Waals surface area contributed by atoms with E-state index in [1.807, 2.05) is 48.5 Å². The van der Waals surface area contributed by atoms with Crippen LogP contribution in [0, 0.1) is 11.3 Å². The first-order valence-electron chi connectivity index (χ1n) is 5.48. The minimum Gasteiger partial charge on any atom is -0.333 e. The molecule has 0 radical (unpaired) electrons. The summed E-state index contributed by atoms with van der Waals surface area (Å²) in [5.74, 6) is 0. The van der Waals surface area contributed by atoms with Crippen LogP contribution in [0.5, 0.6) is 0 Å². The van der Waals surface area contributed by atoms with Crippen LogP contribution < -0.4 is 0 Å².